The maximum Gasteiger partial charge on any atom is 0.0295 e. The first-order valence-corrected chi connectivity index (χ1v) is 8.13. The van der Waals surface area contributed by atoms with Crippen LogP contribution in [0.3, 0.4) is 0 Å². The largest absolute Gasteiger partial charge is 0.307 e. The minimum Gasteiger partial charge on any atom is -0.307 e. The number of hydrogen-bond acceptors (Lipinski definition) is 2. The molecule has 0 amide bonds. The fourth-order valence-corrected chi connectivity index (χ4v) is 3.44. The van der Waals surface area contributed by atoms with Crippen molar-refractivity contribution in [2.45, 2.75) is 71.9 Å². The van der Waals surface area contributed by atoms with E-state index in [-0.39, 0.29) is 0 Å². The molecule has 1 fully saturated rings. The zero-order valence-corrected chi connectivity index (χ0v) is 13.5. The molecule has 2 rings (SSSR count). The van der Waals surface area contributed by atoms with Crippen LogP contribution in [0.15, 0.2) is 24.5 Å². The molecular weight excluding hydrogens is 244 g/mol. The Morgan fingerprint density at radius 3 is 2.45 bits per heavy atom. The smallest absolute Gasteiger partial charge is 0.0295 e. The Bertz CT molecular complexity index is 394. The van der Waals surface area contributed by atoms with Gasteiger partial charge in [0.05, 0.1) is 0 Å². The monoisotopic (exact) mass is 274 g/mol. The standard InChI is InChI=1S/C18H30N2/c1-14(15-10-12-19-13-11-15)20-17-7-5-6-16(8-9-17)18(2,3)4/h10-14,16-17,20H,5-9H2,1-4H3/t14-,16?,17?/m1/s1. The molecule has 2 unspecified atom stereocenters. The summed E-state index contributed by atoms with van der Waals surface area (Å²) in [5, 5.41) is 3.82. The van der Waals surface area contributed by atoms with Crippen LogP contribution in [0, 0.1) is 11.3 Å². The highest BCUT2D eigenvalue weighted by Crippen LogP contribution is 2.37. The van der Waals surface area contributed by atoms with Gasteiger partial charge in [0.25, 0.3) is 0 Å². The SMILES string of the molecule is C[C@@H](NC1CCCC(C(C)(C)C)CC1)c1ccncc1. The molecule has 20 heavy (non-hydrogen) atoms. The van der Waals surface area contributed by atoms with Crippen LogP contribution in [0.5, 0.6) is 0 Å². The van der Waals surface area contributed by atoms with Crippen LogP contribution in [0.4, 0.5) is 0 Å². The maximum absolute atomic E-state index is 4.10. The average Bonchev–Trinajstić information content (AvgIpc) is 2.65. The van der Waals surface area contributed by atoms with Gasteiger partial charge in [0, 0.05) is 24.5 Å². The minimum atomic E-state index is 0.425. The van der Waals surface area contributed by atoms with Gasteiger partial charge < -0.3 is 5.32 Å². The predicted octanol–water partition coefficient (Wildman–Crippen LogP) is 4.73. The number of nitrogens with one attached hydrogen (secondary N) is 1. The molecule has 1 N–H and O–H groups in total. The van der Waals surface area contributed by atoms with E-state index in [1.54, 1.807) is 0 Å². The number of rotatable bonds is 3. The second kappa shape index (κ2) is 6.71. The third-order valence-corrected chi connectivity index (χ3v) is 4.89. The van der Waals surface area contributed by atoms with Crippen molar-refractivity contribution in [2.24, 2.45) is 11.3 Å². The van der Waals surface area contributed by atoms with Gasteiger partial charge in [0.2, 0.25) is 0 Å². The van der Waals surface area contributed by atoms with Crippen LogP contribution in [0.25, 0.3) is 0 Å². The zero-order chi connectivity index (χ0) is 14.6. The van der Waals surface area contributed by atoms with Crippen LogP contribution in [-0.2, 0) is 0 Å². The number of nitrogens with zero attached hydrogens (tertiary/aromatic N) is 1. The normalized spacial score (nSPS) is 26.0. The summed E-state index contributed by atoms with van der Waals surface area (Å²) >= 11 is 0. The Hall–Kier alpha value is -0.890. The van der Waals surface area contributed by atoms with E-state index in [9.17, 15) is 0 Å². The lowest BCUT2D eigenvalue weighted by Crippen LogP contribution is -2.31. The van der Waals surface area contributed by atoms with Gasteiger partial charge in [-0.2, -0.15) is 0 Å². The molecule has 3 atom stereocenters. The van der Waals surface area contributed by atoms with Gasteiger partial charge in [0.1, 0.15) is 0 Å². The van der Waals surface area contributed by atoms with Crippen LogP contribution in [0.2, 0.25) is 0 Å². The van der Waals surface area contributed by atoms with Gasteiger partial charge in [-0.05, 0) is 61.6 Å². The third-order valence-electron chi connectivity index (χ3n) is 4.89. The molecule has 1 aromatic rings. The highest BCUT2D eigenvalue weighted by Gasteiger charge is 2.28. The van der Waals surface area contributed by atoms with E-state index in [2.05, 4.69) is 50.1 Å². The average molecular weight is 274 g/mol. The molecule has 2 nitrogen and oxygen atoms in total. The van der Waals surface area contributed by atoms with E-state index in [4.69, 9.17) is 0 Å². The second-order valence-corrected chi connectivity index (χ2v) is 7.44. The van der Waals surface area contributed by atoms with Crippen molar-refractivity contribution >= 4 is 0 Å². The molecule has 0 bridgehead atoms. The fraction of sp³-hybridized carbons (Fsp3) is 0.722. The summed E-state index contributed by atoms with van der Waals surface area (Å²) in [6, 6.07) is 5.33. The van der Waals surface area contributed by atoms with E-state index in [0.29, 0.717) is 17.5 Å². The lowest BCUT2D eigenvalue weighted by Gasteiger charge is -2.30. The molecule has 1 aliphatic carbocycles. The molecule has 0 aromatic carbocycles. The summed E-state index contributed by atoms with van der Waals surface area (Å²) in [7, 11) is 0. The second-order valence-electron chi connectivity index (χ2n) is 7.44. The summed E-state index contributed by atoms with van der Waals surface area (Å²) in [6.07, 6.45) is 10.5. The molecule has 112 valence electrons. The van der Waals surface area contributed by atoms with Crippen LogP contribution in [0.1, 0.15) is 71.4 Å². The summed E-state index contributed by atoms with van der Waals surface area (Å²) in [5.41, 5.74) is 1.81. The van der Waals surface area contributed by atoms with Gasteiger partial charge in [-0.3, -0.25) is 4.98 Å². The van der Waals surface area contributed by atoms with E-state index < -0.39 is 0 Å². The Morgan fingerprint density at radius 2 is 1.80 bits per heavy atom. The molecule has 0 spiro atoms. The molecular formula is C18H30N2. The van der Waals surface area contributed by atoms with Gasteiger partial charge in [-0.1, -0.05) is 27.2 Å². The minimum absolute atomic E-state index is 0.425. The van der Waals surface area contributed by atoms with Crippen LogP contribution >= 0.6 is 0 Å². The third kappa shape index (κ3) is 4.31. The highest BCUT2D eigenvalue weighted by molar-refractivity contribution is 5.14. The number of hydrogen-bond donors (Lipinski definition) is 1. The molecule has 0 radical (unpaired) electrons. The first-order chi connectivity index (χ1) is 9.47. The molecule has 1 aliphatic rings. The molecule has 0 saturated heterocycles. The maximum atomic E-state index is 4.10. The number of aromatic nitrogens is 1. The summed E-state index contributed by atoms with van der Waals surface area (Å²) in [4.78, 5) is 4.10. The number of pyridine rings is 1. The van der Waals surface area contributed by atoms with Crippen molar-refractivity contribution < 1.29 is 0 Å². The highest BCUT2D eigenvalue weighted by atomic mass is 14.9. The van der Waals surface area contributed by atoms with E-state index in [1.165, 1.54) is 37.7 Å². The quantitative estimate of drug-likeness (QED) is 0.806. The molecule has 1 heterocycles. The Balaban J connectivity index is 1.88. The topological polar surface area (TPSA) is 24.9 Å². The first kappa shape index (κ1) is 15.5. The molecule has 1 saturated carbocycles. The van der Waals surface area contributed by atoms with E-state index in [0.717, 1.165) is 5.92 Å². The Kier molecular flexibility index (Phi) is 5.20. The van der Waals surface area contributed by atoms with Crippen LogP contribution < -0.4 is 5.32 Å². The first-order valence-electron chi connectivity index (χ1n) is 8.13. The zero-order valence-electron chi connectivity index (χ0n) is 13.5. The van der Waals surface area contributed by atoms with Gasteiger partial charge >= 0.3 is 0 Å². The van der Waals surface area contributed by atoms with Crippen molar-refractivity contribution in [1.82, 2.24) is 10.3 Å². The van der Waals surface area contributed by atoms with Crippen molar-refractivity contribution in [3.05, 3.63) is 30.1 Å². The Labute approximate surface area is 124 Å². The summed E-state index contributed by atoms with van der Waals surface area (Å²) in [5.74, 6) is 0.880. The molecule has 2 heteroatoms. The van der Waals surface area contributed by atoms with Crippen molar-refractivity contribution in [2.75, 3.05) is 0 Å². The van der Waals surface area contributed by atoms with Crippen LogP contribution in [-0.4, -0.2) is 11.0 Å². The van der Waals surface area contributed by atoms with Gasteiger partial charge in [-0.15, -0.1) is 0 Å². The summed E-state index contributed by atoms with van der Waals surface area (Å²) in [6.45, 7) is 9.45. The Morgan fingerprint density at radius 1 is 1.10 bits per heavy atom. The van der Waals surface area contributed by atoms with Gasteiger partial charge in [0.15, 0.2) is 0 Å². The van der Waals surface area contributed by atoms with Crippen molar-refractivity contribution in [3.63, 3.8) is 0 Å². The van der Waals surface area contributed by atoms with Crippen molar-refractivity contribution in [1.29, 1.82) is 0 Å². The fourth-order valence-electron chi connectivity index (χ4n) is 3.44. The predicted molar refractivity (Wildman–Crippen MR) is 85.6 cm³/mol. The summed E-state index contributed by atoms with van der Waals surface area (Å²) < 4.78 is 0. The van der Waals surface area contributed by atoms with Gasteiger partial charge in [-0.25, -0.2) is 0 Å². The van der Waals surface area contributed by atoms with E-state index in [1.807, 2.05) is 12.4 Å². The van der Waals surface area contributed by atoms with Crippen molar-refractivity contribution in [3.8, 4) is 0 Å². The lowest BCUT2D eigenvalue weighted by molar-refractivity contribution is 0.213. The lowest BCUT2D eigenvalue weighted by atomic mass is 9.76. The van der Waals surface area contributed by atoms with E-state index >= 15 is 0 Å². The molecule has 0 aliphatic heterocycles. The molecule has 1 aromatic heterocycles.